The Bertz CT molecular complexity index is 349. The van der Waals surface area contributed by atoms with Gasteiger partial charge < -0.3 is 4.90 Å². The van der Waals surface area contributed by atoms with Gasteiger partial charge in [0.25, 0.3) is 0 Å². The summed E-state index contributed by atoms with van der Waals surface area (Å²) in [4.78, 5) is 6.96. The maximum atomic E-state index is 4.59. The van der Waals surface area contributed by atoms with Crippen molar-refractivity contribution >= 4 is 6.21 Å². The second-order valence-corrected chi connectivity index (χ2v) is 4.34. The van der Waals surface area contributed by atoms with Crippen LogP contribution in [0, 0.1) is 0 Å². The lowest BCUT2D eigenvalue weighted by molar-refractivity contribution is 0.357. The maximum absolute atomic E-state index is 4.59. The largest absolute Gasteiger partial charge is 0.352 e. The van der Waals surface area contributed by atoms with Crippen LogP contribution in [0.3, 0.4) is 0 Å². The summed E-state index contributed by atoms with van der Waals surface area (Å²) in [5.41, 5.74) is 4.68. The van der Waals surface area contributed by atoms with Gasteiger partial charge in [-0.1, -0.05) is 6.08 Å². The highest BCUT2D eigenvalue weighted by Gasteiger charge is 2.34. The number of likely N-dealkylation sites (N-methyl/N-ethyl adjacent to an activating group) is 1. The minimum Gasteiger partial charge on any atom is -0.352 e. The normalized spacial score (nSPS) is 30.2. The average molecular weight is 188 g/mol. The molecule has 1 aliphatic carbocycles. The summed E-state index contributed by atoms with van der Waals surface area (Å²) in [6.07, 6.45) is 11.0. The summed E-state index contributed by atoms with van der Waals surface area (Å²) in [6, 6.07) is 0. The van der Waals surface area contributed by atoms with Gasteiger partial charge in [0, 0.05) is 25.4 Å². The number of dihydropyridines is 1. The van der Waals surface area contributed by atoms with E-state index >= 15 is 0 Å². The Labute approximate surface area is 85.0 Å². The van der Waals surface area contributed by atoms with Gasteiger partial charge in [-0.15, -0.1) is 0 Å². The van der Waals surface area contributed by atoms with Crippen molar-refractivity contribution in [3.05, 3.63) is 22.9 Å². The first-order valence-corrected chi connectivity index (χ1v) is 5.55. The van der Waals surface area contributed by atoms with Crippen molar-refractivity contribution in [1.82, 2.24) is 4.90 Å². The predicted octanol–water partition coefficient (Wildman–Crippen LogP) is 2.49. The molecule has 0 aromatic rings. The molecule has 0 fully saturated rings. The summed E-state index contributed by atoms with van der Waals surface area (Å²) < 4.78 is 0. The molecular weight excluding hydrogens is 172 g/mol. The molecule has 2 heterocycles. The number of hydrogen-bond donors (Lipinski definition) is 0. The number of hydrogen-bond acceptors (Lipinski definition) is 2. The fraction of sp³-hybridized carbons (Fsp3) is 0.583. The molecule has 3 aliphatic rings. The fourth-order valence-corrected chi connectivity index (χ4v) is 2.85. The molecule has 0 spiro atoms. The Morgan fingerprint density at radius 3 is 3.14 bits per heavy atom. The minimum atomic E-state index is 0.326. The zero-order valence-corrected chi connectivity index (χ0v) is 8.66. The van der Waals surface area contributed by atoms with E-state index in [2.05, 4.69) is 23.0 Å². The van der Waals surface area contributed by atoms with Gasteiger partial charge in [0.1, 0.15) is 6.17 Å². The van der Waals surface area contributed by atoms with E-state index in [1.165, 1.54) is 31.3 Å². The molecule has 1 unspecified atom stereocenters. The second-order valence-electron chi connectivity index (χ2n) is 4.34. The van der Waals surface area contributed by atoms with Crippen molar-refractivity contribution in [2.24, 2.45) is 4.99 Å². The van der Waals surface area contributed by atoms with E-state index in [0.717, 1.165) is 6.42 Å². The molecule has 1 atom stereocenters. The predicted molar refractivity (Wildman–Crippen MR) is 58.2 cm³/mol. The van der Waals surface area contributed by atoms with Gasteiger partial charge >= 0.3 is 0 Å². The molecule has 0 saturated heterocycles. The first kappa shape index (κ1) is 8.27. The van der Waals surface area contributed by atoms with Crippen LogP contribution in [0.5, 0.6) is 0 Å². The Hall–Kier alpha value is -1.05. The summed E-state index contributed by atoms with van der Waals surface area (Å²) >= 11 is 0. The van der Waals surface area contributed by atoms with Crippen LogP contribution in [0.1, 0.15) is 32.1 Å². The van der Waals surface area contributed by atoms with Crippen LogP contribution in [0.4, 0.5) is 0 Å². The van der Waals surface area contributed by atoms with Crippen molar-refractivity contribution in [1.29, 1.82) is 0 Å². The average Bonchev–Trinajstić information content (AvgIpc) is 2.55. The van der Waals surface area contributed by atoms with Crippen molar-refractivity contribution < 1.29 is 0 Å². The summed E-state index contributed by atoms with van der Waals surface area (Å²) in [5, 5.41) is 0. The maximum Gasteiger partial charge on any atom is 0.146 e. The van der Waals surface area contributed by atoms with Crippen molar-refractivity contribution in [2.75, 3.05) is 7.05 Å². The van der Waals surface area contributed by atoms with Crippen LogP contribution in [0.2, 0.25) is 0 Å². The van der Waals surface area contributed by atoms with Gasteiger partial charge in [-0.25, -0.2) is 0 Å². The van der Waals surface area contributed by atoms with Gasteiger partial charge in [0.05, 0.1) is 0 Å². The van der Waals surface area contributed by atoms with Crippen LogP contribution in [0.15, 0.2) is 27.9 Å². The van der Waals surface area contributed by atoms with E-state index in [0.29, 0.717) is 6.17 Å². The van der Waals surface area contributed by atoms with E-state index in [4.69, 9.17) is 0 Å². The lowest BCUT2D eigenvalue weighted by Gasteiger charge is -2.24. The fourth-order valence-electron chi connectivity index (χ4n) is 2.85. The van der Waals surface area contributed by atoms with E-state index in [9.17, 15) is 0 Å². The van der Waals surface area contributed by atoms with Gasteiger partial charge in [0.15, 0.2) is 0 Å². The number of aliphatic imine (C=N–C) groups is 1. The summed E-state index contributed by atoms with van der Waals surface area (Å²) in [6.45, 7) is 0. The molecule has 0 saturated carbocycles. The van der Waals surface area contributed by atoms with Crippen molar-refractivity contribution in [3.63, 3.8) is 0 Å². The Balaban J connectivity index is 2.05. The lowest BCUT2D eigenvalue weighted by atomic mass is 9.92. The highest BCUT2D eigenvalue weighted by Crippen LogP contribution is 2.42. The molecule has 0 aromatic heterocycles. The third kappa shape index (κ3) is 0.999. The molecule has 2 heteroatoms. The molecule has 2 nitrogen and oxygen atoms in total. The standard InChI is InChI=1S/C12H16N2/c1-14-11-7-3-2-5-9(11)10-6-4-8-13-12(10)14/h6,8,12H,2-5,7H2,1H3. The van der Waals surface area contributed by atoms with E-state index in [1.54, 1.807) is 11.3 Å². The Morgan fingerprint density at radius 1 is 1.36 bits per heavy atom. The molecule has 2 aliphatic heterocycles. The first-order valence-electron chi connectivity index (χ1n) is 5.55. The van der Waals surface area contributed by atoms with Gasteiger partial charge in [0.2, 0.25) is 0 Å². The topological polar surface area (TPSA) is 15.6 Å². The number of nitrogens with zero attached hydrogens (tertiary/aromatic N) is 2. The van der Waals surface area contributed by atoms with E-state index in [-0.39, 0.29) is 0 Å². The van der Waals surface area contributed by atoms with E-state index in [1.807, 2.05) is 6.21 Å². The second kappa shape index (κ2) is 2.97. The molecule has 74 valence electrons. The SMILES string of the molecule is CN1C2=C(CCCC2)C2=CCC=NC21. The minimum absolute atomic E-state index is 0.326. The molecule has 0 amide bonds. The van der Waals surface area contributed by atoms with Crippen molar-refractivity contribution in [3.8, 4) is 0 Å². The molecule has 14 heavy (non-hydrogen) atoms. The summed E-state index contributed by atoms with van der Waals surface area (Å²) in [7, 11) is 2.19. The highest BCUT2D eigenvalue weighted by molar-refractivity contribution is 5.65. The quantitative estimate of drug-likeness (QED) is 0.570. The number of fused-ring (bicyclic) bond motifs is 2. The first-order chi connectivity index (χ1) is 6.88. The third-order valence-corrected chi connectivity index (χ3v) is 3.55. The van der Waals surface area contributed by atoms with E-state index < -0.39 is 0 Å². The highest BCUT2D eigenvalue weighted by atomic mass is 15.3. The molecule has 0 radical (unpaired) electrons. The number of rotatable bonds is 0. The van der Waals surface area contributed by atoms with Crippen LogP contribution in [-0.2, 0) is 0 Å². The lowest BCUT2D eigenvalue weighted by Crippen LogP contribution is -2.26. The summed E-state index contributed by atoms with van der Waals surface area (Å²) in [5.74, 6) is 0. The van der Waals surface area contributed by atoms with Crippen molar-refractivity contribution in [2.45, 2.75) is 38.3 Å². The third-order valence-electron chi connectivity index (χ3n) is 3.55. The molecule has 0 bridgehead atoms. The van der Waals surface area contributed by atoms with Gasteiger partial charge in [-0.3, -0.25) is 4.99 Å². The van der Waals surface area contributed by atoms with Gasteiger partial charge in [-0.05, 0) is 36.8 Å². The molecule has 0 N–H and O–H groups in total. The molecular formula is C12H16N2. The zero-order chi connectivity index (χ0) is 9.54. The van der Waals surface area contributed by atoms with Crippen LogP contribution < -0.4 is 0 Å². The number of allylic oxidation sites excluding steroid dienone is 2. The van der Waals surface area contributed by atoms with Crippen LogP contribution in [-0.4, -0.2) is 24.3 Å². The van der Waals surface area contributed by atoms with Crippen LogP contribution >= 0.6 is 0 Å². The Morgan fingerprint density at radius 2 is 2.21 bits per heavy atom. The monoisotopic (exact) mass is 188 g/mol. The smallest absolute Gasteiger partial charge is 0.146 e. The molecule has 3 rings (SSSR count). The Kier molecular flexibility index (Phi) is 1.76. The zero-order valence-electron chi connectivity index (χ0n) is 8.66. The molecule has 0 aromatic carbocycles. The van der Waals surface area contributed by atoms with Crippen LogP contribution in [0.25, 0.3) is 0 Å². The van der Waals surface area contributed by atoms with Gasteiger partial charge in [-0.2, -0.15) is 0 Å².